The molecule has 0 N–H and O–H groups in total. The molecule has 0 aromatic carbocycles. The van der Waals surface area contributed by atoms with Gasteiger partial charge >= 0.3 is 0 Å². The van der Waals surface area contributed by atoms with Crippen molar-refractivity contribution in [3.63, 3.8) is 0 Å². The molecule has 1 heterocycles. The summed E-state index contributed by atoms with van der Waals surface area (Å²) in [5.74, 6) is 0.184. The van der Waals surface area contributed by atoms with E-state index in [1.54, 1.807) is 6.92 Å². The van der Waals surface area contributed by atoms with Crippen molar-refractivity contribution in [3.05, 3.63) is 29.1 Å². The lowest BCUT2D eigenvalue weighted by Crippen LogP contribution is -2.00. The predicted octanol–water partition coefficient (Wildman–Crippen LogP) is 1.83. The molecule has 1 rings (SSSR count). The number of Topliss-reactive ketones (excluding diaryl/α,β-unsaturated/α-hetero) is 1. The van der Waals surface area contributed by atoms with E-state index in [4.69, 9.17) is 0 Å². The SMILES string of the molecule is CC(=O)Cc1ccc(C)nc1C. The van der Waals surface area contributed by atoms with Crippen LogP contribution in [0.15, 0.2) is 12.1 Å². The summed E-state index contributed by atoms with van der Waals surface area (Å²) in [6, 6.07) is 3.91. The number of hydrogen-bond acceptors (Lipinski definition) is 2. The first-order valence-electron chi connectivity index (χ1n) is 4.02. The molecule has 0 aliphatic rings. The van der Waals surface area contributed by atoms with Gasteiger partial charge in [0.25, 0.3) is 0 Å². The number of carbonyl (C=O) groups excluding carboxylic acids is 1. The summed E-state index contributed by atoms with van der Waals surface area (Å²) >= 11 is 0. The van der Waals surface area contributed by atoms with Crippen molar-refractivity contribution >= 4 is 5.78 Å². The summed E-state index contributed by atoms with van der Waals surface area (Å²) in [5, 5.41) is 0. The fourth-order valence-corrected chi connectivity index (χ4v) is 1.17. The Bertz CT molecular complexity index is 305. The Morgan fingerprint density at radius 1 is 1.42 bits per heavy atom. The van der Waals surface area contributed by atoms with E-state index in [0.717, 1.165) is 17.0 Å². The van der Waals surface area contributed by atoms with Crippen LogP contribution in [0.4, 0.5) is 0 Å². The van der Waals surface area contributed by atoms with Crippen molar-refractivity contribution in [2.45, 2.75) is 27.2 Å². The summed E-state index contributed by atoms with van der Waals surface area (Å²) in [6.45, 7) is 5.48. The molecular weight excluding hydrogens is 150 g/mol. The van der Waals surface area contributed by atoms with E-state index < -0.39 is 0 Å². The van der Waals surface area contributed by atoms with Gasteiger partial charge in [0.15, 0.2) is 0 Å². The lowest BCUT2D eigenvalue weighted by molar-refractivity contribution is -0.116. The molecule has 64 valence electrons. The quantitative estimate of drug-likeness (QED) is 0.665. The van der Waals surface area contributed by atoms with Gasteiger partial charge in [-0.25, -0.2) is 0 Å². The molecule has 0 bridgehead atoms. The van der Waals surface area contributed by atoms with Gasteiger partial charge in [-0.15, -0.1) is 0 Å². The van der Waals surface area contributed by atoms with Crippen LogP contribution in [-0.2, 0) is 11.2 Å². The van der Waals surface area contributed by atoms with E-state index in [1.807, 2.05) is 26.0 Å². The van der Waals surface area contributed by atoms with Crippen LogP contribution >= 0.6 is 0 Å². The highest BCUT2D eigenvalue weighted by molar-refractivity contribution is 5.78. The minimum Gasteiger partial charge on any atom is -0.300 e. The van der Waals surface area contributed by atoms with Crippen molar-refractivity contribution in [2.75, 3.05) is 0 Å². The molecule has 12 heavy (non-hydrogen) atoms. The second kappa shape index (κ2) is 3.48. The van der Waals surface area contributed by atoms with Crippen LogP contribution in [0.3, 0.4) is 0 Å². The maximum atomic E-state index is 10.8. The number of carbonyl (C=O) groups is 1. The monoisotopic (exact) mass is 163 g/mol. The smallest absolute Gasteiger partial charge is 0.134 e. The standard InChI is InChI=1S/C10H13NO/c1-7-4-5-10(6-8(2)12)9(3)11-7/h4-5H,6H2,1-3H3. The third-order valence-electron chi connectivity index (χ3n) is 1.77. The topological polar surface area (TPSA) is 30.0 Å². The third kappa shape index (κ3) is 2.16. The van der Waals surface area contributed by atoms with E-state index in [9.17, 15) is 4.79 Å². The molecule has 1 aromatic rings. The molecule has 0 saturated heterocycles. The van der Waals surface area contributed by atoms with E-state index >= 15 is 0 Å². The predicted molar refractivity (Wildman–Crippen MR) is 48.1 cm³/mol. The summed E-state index contributed by atoms with van der Waals surface area (Å²) < 4.78 is 0. The fourth-order valence-electron chi connectivity index (χ4n) is 1.17. The minimum absolute atomic E-state index is 0.184. The van der Waals surface area contributed by atoms with Crippen molar-refractivity contribution in [1.29, 1.82) is 0 Å². The summed E-state index contributed by atoms with van der Waals surface area (Å²) in [4.78, 5) is 15.1. The Labute approximate surface area is 72.6 Å². The summed E-state index contributed by atoms with van der Waals surface area (Å²) in [7, 11) is 0. The first-order valence-corrected chi connectivity index (χ1v) is 4.02. The molecular formula is C10H13NO. The van der Waals surface area contributed by atoms with Gasteiger partial charge in [-0.05, 0) is 32.4 Å². The summed E-state index contributed by atoms with van der Waals surface area (Å²) in [6.07, 6.45) is 0.499. The van der Waals surface area contributed by atoms with Crippen molar-refractivity contribution in [3.8, 4) is 0 Å². The molecule has 0 saturated carbocycles. The highest BCUT2D eigenvalue weighted by Gasteiger charge is 2.01. The maximum Gasteiger partial charge on any atom is 0.134 e. The van der Waals surface area contributed by atoms with Gasteiger partial charge in [0.2, 0.25) is 0 Å². The number of aryl methyl sites for hydroxylation is 2. The Morgan fingerprint density at radius 3 is 2.58 bits per heavy atom. The molecule has 0 amide bonds. The third-order valence-corrected chi connectivity index (χ3v) is 1.77. The Morgan fingerprint density at radius 2 is 2.08 bits per heavy atom. The van der Waals surface area contributed by atoms with Crippen LogP contribution in [0.2, 0.25) is 0 Å². The minimum atomic E-state index is 0.184. The second-order valence-corrected chi connectivity index (χ2v) is 3.08. The number of aromatic nitrogens is 1. The first-order chi connectivity index (χ1) is 5.59. The van der Waals surface area contributed by atoms with Gasteiger partial charge in [-0.2, -0.15) is 0 Å². The Hall–Kier alpha value is -1.18. The van der Waals surface area contributed by atoms with Crippen LogP contribution in [0.25, 0.3) is 0 Å². The number of nitrogens with zero attached hydrogens (tertiary/aromatic N) is 1. The van der Waals surface area contributed by atoms with Gasteiger partial charge < -0.3 is 0 Å². The molecule has 0 radical (unpaired) electrons. The molecule has 0 spiro atoms. The van der Waals surface area contributed by atoms with E-state index in [0.29, 0.717) is 6.42 Å². The first kappa shape index (κ1) is 8.91. The molecule has 2 nitrogen and oxygen atoms in total. The van der Waals surface area contributed by atoms with Gasteiger partial charge in [-0.1, -0.05) is 6.07 Å². The van der Waals surface area contributed by atoms with Crippen molar-refractivity contribution in [2.24, 2.45) is 0 Å². The number of rotatable bonds is 2. The molecule has 2 heteroatoms. The van der Waals surface area contributed by atoms with Crippen LogP contribution in [0.5, 0.6) is 0 Å². The zero-order chi connectivity index (χ0) is 9.14. The zero-order valence-electron chi connectivity index (χ0n) is 7.72. The highest BCUT2D eigenvalue weighted by atomic mass is 16.1. The average molecular weight is 163 g/mol. The van der Waals surface area contributed by atoms with Crippen LogP contribution in [-0.4, -0.2) is 10.8 Å². The highest BCUT2D eigenvalue weighted by Crippen LogP contribution is 2.07. The van der Waals surface area contributed by atoms with Gasteiger partial charge in [0.1, 0.15) is 5.78 Å². The van der Waals surface area contributed by atoms with Crippen molar-refractivity contribution in [1.82, 2.24) is 4.98 Å². The van der Waals surface area contributed by atoms with Crippen LogP contribution < -0.4 is 0 Å². The van der Waals surface area contributed by atoms with Crippen LogP contribution in [0.1, 0.15) is 23.9 Å². The van der Waals surface area contributed by atoms with Gasteiger partial charge in [-0.3, -0.25) is 9.78 Å². The molecule has 0 aliphatic carbocycles. The number of hydrogen-bond donors (Lipinski definition) is 0. The van der Waals surface area contributed by atoms with Gasteiger partial charge in [0, 0.05) is 17.8 Å². The Kier molecular flexibility index (Phi) is 2.58. The lowest BCUT2D eigenvalue weighted by Gasteiger charge is -2.02. The van der Waals surface area contributed by atoms with Gasteiger partial charge in [0.05, 0.1) is 0 Å². The van der Waals surface area contributed by atoms with E-state index in [-0.39, 0.29) is 5.78 Å². The summed E-state index contributed by atoms with van der Waals surface area (Å²) in [5.41, 5.74) is 3.00. The molecule has 1 aromatic heterocycles. The van der Waals surface area contributed by atoms with Crippen LogP contribution in [0, 0.1) is 13.8 Å². The second-order valence-electron chi connectivity index (χ2n) is 3.08. The molecule has 0 fully saturated rings. The zero-order valence-corrected chi connectivity index (χ0v) is 7.72. The largest absolute Gasteiger partial charge is 0.300 e. The lowest BCUT2D eigenvalue weighted by atomic mass is 10.1. The van der Waals surface area contributed by atoms with E-state index in [2.05, 4.69) is 4.98 Å². The molecule has 0 unspecified atom stereocenters. The van der Waals surface area contributed by atoms with E-state index in [1.165, 1.54) is 0 Å². The van der Waals surface area contributed by atoms with Crippen molar-refractivity contribution < 1.29 is 4.79 Å². The molecule has 0 aliphatic heterocycles. The average Bonchev–Trinajstić information content (AvgIpc) is 1.94. The maximum absolute atomic E-state index is 10.8. The molecule has 0 atom stereocenters. The number of pyridine rings is 1. The fraction of sp³-hybridized carbons (Fsp3) is 0.400. The normalized spacial score (nSPS) is 9.92. The number of ketones is 1. The Balaban J connectivity index is 2.93.